The molecule has 454 valence electrons. The summed E-state index contributed by atoms with van der Waals surface area (Å²) in [6.07, 6.45) is 3.73. The predicted octanol–water partition coefficient (Wildman–Crippen LogP) is 24.8. The topological polar surface area (TPSA) is 104 Å². The Labute approximate surface area is 558 Å². The van der Waals surface area contributed by atoms with Crippen molar-refractivity contribution in [2.45, 2.75) is 0 Å². The molecule has 0 aliphatic heterocycles. The molecule has 0 spiro atoms. The Bertz CT molecular complexity index is 6780. The number of fused-ring (bicyclic) bond motifs is 18. The van der Waals surface area contributed by atoms with E-state index in [1.165, 1.54) is 0 Å². The fraction of sp³-hybridized carbons (Fsp3) is 0. The van der Waals surface area contributed by atoms with Crippen LogP contribution in [0.1, 0.15) is 0 Å². The number of hydrogen-bond acceptors (Lipinski definition) is 8. The van der Waals surface area contributed by atoms with E-state index in [9.17, 15) is 0 Å². The van der Waals surface area contributed by atoms with Crippen LogP contribution in [0.5, 0.6) is 0 Å². The number of rotatable bonds is 8. The summed E-state index contributed by atoms with van der Waals surface area (Å²) in [5, 5.41) is 12.1. The lowest BCUT2D eigenvalue weighted by molar-refractivity contribution is 0.657. The van der Waals surface area contributed by atoms with E-state index >= 15 is 0 Å². The van der Waals surface area contributed by atoms with Crippen molar-refractivity contribution in [3.05, 3.63) is 304 Å². The molecule has 0 aliphatic carbocycles. The molecule has 13 aromatic carbocycles. The molecule has 8 nitrogen and oxygen atoms in total. The molecule has 0 aliphatic rings. The average molecular weight is 1250 g/mol. The van der Waals surface area contributed by atoms with E-state index in [0.29, 0.717) is 11.2 Å². The molecular formula is C90H50N4O4. The second-order valence-corrected chi connectivity index (χ2v) is 25.5. The smallest absolute Gasteiger partial charge is 0.148 e. The van der Waals surface area contributed by atoms with Crippen LogP contribution < -0.4 is 0 Å². The normalized spacial score (nSPS) is 12.1. The van der Waals surface area contributed by atoms with Gasteiger partial charge in [-0.15, -0.1) is 0 Å². The molecule has 0 bridgehead atoms. The van der Waals surface area contributed by atoms with Gasteiger partial charge < -0.3 is 17.7 Å². The monoisotopic (exact) mass is 1250 g/mol. The van der Waals surface area contributed by atoms with Crippen molar-refractivity contribution in [2.75, 3.05) is 0 Å². The summed E-state index contributed by atoms with van der Waals surface area (Å²) >= 11 is 0. The fourth-order valence-electron chi connectivity index (χ4n) is 15.1. The zero-order chi connectivity index (χ0) is 64.1. The van der Waals surface area contributed by atoms with Crippen LogP contribution >= 0.6 is 0 Å². The van der Waals surface area contributed by atoms with Gasteiger partial charge in [0.2, 0.25) is 0 Å². The highest BCUT2D eigenvalue weighted by atomic mass is 16.4. The quantitative estimate of drug-likeness (QED) is 0.139. The van der Waals surface area contributed by atoms with Gasteiger partial charge in [0.1, 0.15) is 44.7 Å². The first-order chi connectivity index (χ1) is 48.5. The Morgan fingerprint density at radius 3 is 1.14 bits per heavy atom. The minimum atomic E-state index is 0.716. The summed E-state index contributed by atoms with van der Waals surface area (Å²) in [7, 11) is 0. The van der Waals surface area contributed by atoms with Gasteiger partial charge in [-0.3, -0.25) is 9.97 Å². The Morgan fingerprint density at radius 2 is 0.602 bits per heavy atom. The number of furan rings is 4. The van der Waals surface area contributed by atoms with Crippen LogP contribution in [-0.2, 0) is 0 Å². The van der Waals surface area contributed by atoms with Crippen LogP contribution in [0.4, 0.5) is 0 Å². The second kappa shape index (κ2) is 21.1. The van der Waals surface area contributed by atoms with Gasteiger partial charge in [0, 0.05) is 82.6 Å². The van der Waals surface area contributed by atoms with Crippen molar-refractivity contribution in [3.8, 4) is 89.3 Å². The maximum Gasteiger partial charge on any atom is 0.148 e. The zero-order valence-electron chi connectivity index (χ0n) is 52.3. The maximum atomic E-state index is 7.05. The van der Waals surface area contributed by atoms with Crippen LogP contribution in [0.15, 0.2) is 321 Å². The number of benzene rings is 13. The van der Waals surface area contributed by atoms with Crippen molar-refractivity contribution in [1.29, 1.82) is 0 Å². The Balaban J connectivity index is 0.692. The molecular weight excluding hydrogens is 1200 g/mol. The van der Waals surface area contributed by atoms with Crippen LogP contribution in [0.2, 0.25) is 0 Å². The van der Waals surface area contributed by atoms with Gasteiger partial charge >= 0.3 is 0 Å². The summed E-state index contributed by atoms with van der Waals surface area (Å²) in [6.45, 7) is 0. The molecule has 0 unspecified atom stereocenters. The van der Waals surface area contributed by atoms with Crippen molar-refractivity contribution < 1.29 is 17.7 Å². The Hall–Kier alpha value is -13.3. The third-order valence-electron chi connectivity index (χ3n) is 19.9. The first kappa shape index (κ1) is 54.1. The first-order valence-electron chi connectivity index (χ1n) is 32.9. The zero-order valence-corrected chi connectivity index (χ0v) is 52.3. The molecule has 0 amide bonds. The highest BCUT2D eigenvalue weighted by molar-refractivity contribution is 6.25. The molecule has 8 heteroatoms. The highest BCUT2D eigenvalue weighted by Gasteiger charge is 2.26. The molecule has 0 saturated carbocycles. The molecule has 8 aromatic heterocycles. The van der Waals surface area contributed by atoms with E-state index in [4.69, 9.17) is 37.6 Å². The SMILES string of the molecule is c1ccc(-c2ccc3oc4c(-c5ccc(-c6ccc7ccc8cccnc8c7n6)cc5)c5oc6ccc(-c7cccc(-c8ccnc9c8ccc8ccc(-c%10c%11oc%12ccc(-c%13ccccc%13)cc%12c%11cc%11c%10oc%10ccc(-c%12ccccc%12)cc%10%11)nc89)c7)cc6c5cc4c3c2)cc1. The number of aromatic nitrogens is 4. The van der Waals surface area contributed by atoms with E-state index in [0.717, 1.165) is 209 Å². The second-order valence-electron chi connectivity index (χ2n) is 25.5. The van der Waals surface area contributed by atoms with Gasteiger partial charge in [-0.05, 0) is 152 Å². The lowest BCUT2D eigenvalue weighted by Gasteiger charge is -2.11. The summed E-state index contributed by atoms with van der Waals surface area (Å²) < 4.78 is 27.9. The van der Waals surface area contributed by atoms with Crippen LogP contribution in [0.25, 0.3) is 221 Å². The number of hydrogen-bond donors (Lipinski definition) is 0. The largest absolute Gasteiger partial charge is 0.455 e. The molecule has 21 rings (SSSR count). The Kier molecular flexibility index (Phi) is 11.7. The average Bonchev–Trinajstić information content (AvgIpc) is 1.55. The third kappa shape index (κ3) is 8.44. The van der Waals surface area contributed by atoms with Crippen LogP contribution in [0.3, 0.4) is 0 Å². The van der Waals surface area contributed by atoms with Gasteiger partial charge in [0.05, 0.1) is 44.6 Å². The summed E-state index contributed by atoms with van der Waals surface area (Å²) in [6, 6.07) is 102. The van der Waals surface area contributed by atoms with Crippen molar-refractivity contribution in [2.24, 2.45) is 0 Å². The minimum absolute atomic E-state index is 0.716. The minimum Gasteiger partial charge on any atom is -0.455 e. The molecule has 0 radical (unpaired) electrons. The maximum absolute atomic E-state index is 7.05. The summed E-state index contributed by atoms with van der Waals surface area (Å²) in [5.74, 6) is 0. The molecule has 0 atom stereocenters. The summed E-state index contributed by atoms with van der Waals surface area (Å²) in [5.41, 5.74) is 25.7. The van der Waals surface area contributed by atoms with Crippen molar-refractivity contribution in [1.82, 2.24) is 19.9 Å². The molecule has 8 heterocycles. The molecule has 0 N–H and O–H groups in total. The Morgan fingerprint density at radius 1 is 0.204 bits per heavy atom. The van der Waals surface area contributed by atoms with Gasteiger partial charge in [-0.2, -0.15) is 0 Å². The van der Waals surface area contributed by atoms with E-state index in [1.807, 2.05) is 30.6 Å². The standard InChI is InChI=1S/C90H50N4O4/c1-4-12-51(13-5-1)60-30-37-77-67(45-60)71-49-72-70-48-63(33-40-78(70)96-88(72)81(87(71)95-77)55-23-21-54(22-24-55)75-35-28-57-26-25-56-20-11-42-91-83(56)84(57)93-75)59-18-10-19-64(44-59)65-41-43-92-86-66(65)34-27-58-29-36-76(94-85(58)86)82-89-73(68-46-61(31-38-79(68)97-89)52-14-6-2-7-15-52)50-74-69-47-62(53-16-8-3-9-17-53)32-39-80(69)98-90(74)82/h1-50H. The highest BCUT2D eigenvalue weighted by Crippen LogP contribution is 2.49. The van der Waals surface area contributed by atoms with Crippen LogP contribution in [-0.4, -0.2) is 19.9 Å². The first-order valence-corrected chi connectivity index (χ1v) is 32.9. The lowest BCUT2D eigenvalue weighted by Crippen LogP contribution is -1.91. The number of nitrogens with zero attached hydrogens (tertiary/aromatic N) is 4. The van der Waals surface area contributed by atoms with Crippen LogP contribution in [0, 0.1) is 0 Å². The van der Waals surface area contributed by atoms with E-state index in [2.05, 4.69) is 273 Å². The number of pyridine rings is 4. The van der Waals surface area contributed by atoms with E-state index in [-0.39, 0.29) is 0 Å². The third-order valence-corrected chi connectivity index (χ3v) is 19.9. The molecule has 0 fully saturated rings. The van der Waals surface area contributed by atoms with Crippen molar-refractivity contribution >= 4 is 131 Å². The van der Waals surface area contributed by atoms with E-state index in [1.54, 1.807) is 0 Å². The van der Waals surface area contributed by atoms with Gasteiger partial charge in [0.15, 0.2) is 0 Å². The predicted molar refractivity (Wildman–Crippen MR) is 400 cm³/mol. The fourth-order valence-corrected chi connectivity index (χ4v) is 15.1. The molecule has 0 saturated heterocycles. The lowest BCUT2D eigenvalue weighted by atomic mass is 9.94. The van der Waals surface area contributed by atoms with Gasteiger partial charge in [0.25, 0.3) is 0 Å². The summed E-state index contributed by atoms with van der Waals surface area (Å²) in [4.78, 5) is 20.6. The van der Waals surface area contributed by atoms with Gasteiger partial charge in [-0.25, -0.2) is 9.97 Å². The molecule has 21 aromatic rings. The molecule has 98 heavy (non-hydrogen) atoms. The van der Waals surface area contributed by atoms with Gasteiger partial charge in [-0.1, -0.05) is 200 Å². The van der Waals surface area contributed by atoms with E-state index < -0.39 is 0 Å². The van der Waals surface area contributed by atoms with Crippen molar-refractivity contribution in [3.63, 3.8) is 0 Å².